The molecular formula is C22H26F3N3O2. The van der Waals surface area contributed by atoms with Crippen LogP contribution in [0.15, 0.2) is 48.5 Å². The van der Waals surface area contributed by atoms with Gasteiger partial charge in [-0.25, -0.2) is 4.79 Å². The SMILES string of the molecule is CC(C)NC(=O)Nc1cccc(C(=O)NCC(C)(C)c2cccc(C(F)(F)F)c2)c1. The number of carbonyl (C=O) groups excluding carboxylic acids is 2. The standard InChI is InChI=1S/C22H26F3N3O2/c1-14(2)27-20(30)28-18-10-5-7-15(11-18)19(29)26-13-21(3,4)16-8-6-9-17(12-16)22(23,24)25/h5-12,14H,13H2,1-4H3,(H,26,29)(H2,27,28,30). The van der Waals surface area contributed by atoms with Gasteiger partial charge in [0.25, 0.3) is 5.91 Å². The number of alkyl halides is 3. The van der Waals surface area contributed by atoms with E-state index in [0.29, 0.717) is 16.8 Å². The third kappa shape index (κ3) is 6.50. The van der Waals surface area contributed by atoms with Gasteiger partial charge in [0.1, 0.15) is 0 Å². The molecule has 0 spiro atoms. The molecule has 0 radical (unpaired) electrons. The fourth-order valence-electron chi connectivity index (χ4n) is 2.79. The minimum absolute atomic E-state index is 0.0328. The van der Waals surface area contributed by atoms with Gasteiger partial charge in [0, 0.05) is 29.3 Å². The predicted molar refractivity (Wildman–Crippen MR) is 111 cm³/mol. The van der Waals surface area contributed by atoms with E-state index in [1.165, 1.54) is 12.1 Å². The van der Waals surface area contributed by atoms with Crippen molar-refractivity contribution in [1.29, 1.82) is 0 Å². The fraction of sp³-hybridized carbons (Fsp3) is 0.364. The first kappa shape index (κ1) is 23.3. The number of anilines is 1. The molecule has 162 valence electrons. The van der Waals surface area contributed by atoms with Gasteiger partial charge in [0.15, 0.2) is 0 Å². The maximum Gasteiger partial charge on any atom is 0.416 e. The maximum absolute atomic E-state index is 13.0. The summed E-state index contributed by atoms with van der Waals surface area (Å²) in [6, 6.07) is 11.1. The summed E-state index contributed by atoms with van der Waals surface area (Å²) in [5.74, 6) is -0.386. The van der Waals surface area contributed by atoms with Crippen molar-refractivity contribution in [2.45, 2.75) is 45.3 Å². The van der Waals surface area contributed by atoms with Crippen LogP contribution < -0.4 is 16.0 Å². The minimum Gasteiger partial charge on any atom is -0.351 e. The lowest BCUT2D eigenvalue weighted by Crippen LogP contribution is -2.37. The van der Waals surface area contributed by atoms with Gasteiger partial charge in [-0.05, 0) is 43.7 Å². The number of nitrogens with one attached hydrogen (secondary N) is 3. The highest BCUT2D eigenvalue weighted by Gasteiger charge is 2.32. The molecule has 8 heteroatoms. The predicted octanol–water partition coefficient (Wildman–Crippen LogP) is 4.94. The number of benzene rings is 2. The molecule has 2 aromatic carbocycles. The van der Waals surface area contributed by atoms with Gasteiger partial charge >= 0.3 is 12.2 Å². The zero-order chi connectivity index (χ0) is 22.5. The van der Waals surface area contributed by atoms with Crippen LogP contribution in [0.3, 0.4) is 0 Å². The highest BCUT2D eigenvalue weighted by atomic mass is 19.4. The Morgan fingerprint density at radius 2 is 1.60 bits per heavy atom. The van der Waals surface area contributed by atoms with Gasteiger partial charge in [-0.2, -0.15) is 13.2 Å². The number of urea groups is 1. The quantitative estimate of drug-likeness (QED) is 0.618. The van der Waals surface area contributed by atoms with Gasteiger partial charge in [-0.3, -0.25) is 4.79 Å². The average Bonchev–Trinajstić information content (AvgIpc) is 2.65. The van der Waals surface area contributed by atoms with Gasteiger partial charge in [0.05, 0.1) is 5.56 Å². The molecule has 0 aliphatic carbocycles. The van der Waals surface area contributed by atoms with E-state index >= 15 is 0 Å². The molecule has 2 rings (SSSR count). The van der Waals surface area contributed by atoms with Gasteiger partial charge in [0.2, 0.25) is 0 Å². The van der Waals surface area contributed by atoms with Crippen LogP contribution in [0, 0.1) is 0 Å². The Morgan fingerprint density at radius 3 is 2.23 bits per heavy atom. The van der Waals surface area contributed by atoms with Crippen LogP contribution in [0.1, 0.15) is 49.2 Å². The molecule has 0 saturated carbocycles. The van der Waals surface area contributed by atoms with Crippen LogP contribution >= 0.6 is 0 Å². The van der Waals surface area contributed by atoms with Crippen molar-refractivity contribution in [1.82, 2.24) is 10.6 Å². The number of halogens is 3. The van der Waals surface area contributed by atoms with Crippen molar-refractivity contribution in [2.75, 3.05) is 11.9 Å². The summed E-state index contributed by atoms with van der Waals surface area (Å²) in [5, 5.41) is 8.10. The van der Waals surface area contributed by atoms with Crippen LogP contribution in [-0.4, -0.2) is 24.5 Å². The van der Waals surface area contributed by atoms with E-state index in [9.17, 15) is 22.8 Å². The van der Waals surface area contributed by atoms with Gasteiger partial charge in [-0.1, -0.05) is 38.1 Å². The second kappa shape index (κ2) is 9.19. The number of hydrogen-bond acceptors (Lipinski definition) is 2. The van der Waals surface area contributed by atoms with Crippen molar-refractivity contribution in [2.24, 2.45) is 0 Å². The maximum atomic E-state index is 13.0. The van der Waals surface area contributed by atoms with E-state index in [-0.39, 0.29) is 24.5 Å². The molecule has 0 heterocycles. The molecule has 5 nitrogen and oxygen atoms in total. The summed E-state index contributed by atoms with van der Waals surface area (Å²) in [5.41, 5.74) is -0.185. The fourth-order valence-corrected chi connectivity index (χ4v) is 2.79. The highest BCUT2D eigenvalue weighted by molar-refractivity contribution is 5.97. The Balaban J connectivity index is 2.06. The number of hydrogen-bond donors (Lipinski definition) is 3. The first-order valence-electron chi connectivity index (χ1n) is 9.52. The zero-order valence-corrected chi connectivity index (χ0v) is 17.4. The summed E-state index contributed by atoms with van der Waals surface area (Å²) >= 11 is 0. The Bertz CT molecular complexity index is 908. The highest BCUT2D eigenvalue weighted by Crippen LogP contribution is 2.32. The molecule has 0 unspecified atom stereocenters. The zero-order valence-electron chi connectivity index (χ0n) is 17.4. The van der Waals surface area contributed by atoms with E-state index < -0.39 is 17.2 Å². The van der Waals surface area contributed by atoms with Crippen LogP contribution in [0.25, 0.3) is 0 Å². The third-order valence-electron chi connectivity index (χ3n) is 4.46. The first-order valence-corrected chi connectivity index (χ1v) is 9.52. The third-order valence-corrected chi connectivity index (χ3v) is 4.46. The van der Waals surface area contributed by atoms with Gasteiger partial charge in [-0.15, -0.1) is 0 Å². The van der Waals surface area contributed by atoms with E-state index in [1.54, 1.807) is 38.1 Å². The summed E-state index contributed by atoms with van der Waals surface area (Å²) in [7, 11) is 0. The number of rotatable bonds is 6. The van der Waals surface area contributed by atoms with Crippen molar-refractivity contribution >= 4 is 17.6 Å². The largest absolute Gasteiger partial charge is 0.416 e. The van der Waals surface area contributed by atoms with Crippen molar-refractivity contribution in [3.05, 3.63) is 65.2 Å². The van der Waals surface area contributed by atoms with E-state index in [1.807, 2.05) is 13.8 Å². The molecule has 0 fully saturated rings. The van der Waals surface area contributed by atoms with Crippen molar-refractivity contribution in [3.8, 4) is 0 Å². The van der Waals surface area contributed by atoms with Crippen molar-refractivity contribution in [3.63, 3.8) is 0 Å². The summed E-state index contributed by atoms with van der Waals surface area (Å²) < 4.78 is 39.0. The van der Waals surface area contributed by atoms with E-state index in [0.717, 1.165) is 12.1 Å². The second-order valence-corrected chi connectivity index (χ2v) is 7.98. The topological polar surface area (TPSA) is 70.2 Å². The average molecular weight is 421 g/mol. The summed E-state index contributed by atoms with van der Waals surface area (Å²) in [6.07, 6.45) is -4.43. The van der Waals surface area contributed by atoms with Gasteiger partial charge < -0.3 is 16.0 Å². The summed E-state index contributed by atoms with van der Waals surface area (Å²) in [4.78, 5) is 24.4. The Kier molecular flexibility index (Phi) is 7.12. The molecule has 0 saturated heterocycles. The molecule has 2 aromatic rings. The molecular weight excluding hydrogens is 395 g/mol. The molecule has 0 bridgehead atoms. The van der Waals surface area contributed by atoms with E-state index in [4.69, 9.17) is 0 Å². The molecule has 0 aliphatic heterocycles. The normalized spacial score (nSPS) is 11.9. The van der Waals surface area contributed by atoms with Crippen molar-refractivity contribution < 1.29 is 22.8 Å². The smallest absolute Gasteiger partial charge is 0.351 e. The molecule has 0 atom stereocenters. The second-order valence-electron chi connectivity index (χ2n) is 7.98. The molecule has 0 aromatic heterocycles. The number of carbonyl (C=O) groups is 2. The minimum atomic E-state index is -4.43. The van der Waals surface area contributed by atoms with Crippen LogP contribution in [0.4, 0.5) is 23.7 Å². The Labute approximate surface area is 174 Å². The first-order chi connectivity index (χ1) is 13.9. The summed E-state index contributed by atoms with van der Waals surface area (Å²) in [6.45, 7) is 7.32. The lowest BCUT2D eigenvalue weighted by atomic mass is 9.83. The molecule has 0 aliphatic rings. The lowest BCUT2D eigenvalue weighted by Gasteiger charge is -2.26. The number of amides is 3. The lowest BCUT2D eigenvalue weighted by molar-refractivity contribution is -0.137. The van der Waals surface area contributed by atoms with Crippen LogP contribution in [0.2, 0.25) is 0 Å². The van der Waals surface area contributed by atoms with Crippen LogP contribution in [-0.2, 0) is 11.6 Å². The molecule has 3 N–H and O–H groups in total. The Hall–Kier alpha value is -3.03. The monoisotopic (exact) mass is 421 g/mol. The van der Waals surface area contributed by atoms with Crippen LogP contribution in [0.5, 0.6) is 0 Å². The molecule has 3 amide bonds. The molecule has 30 heavy (non-hydrogen) atoms. The Morgan fingerprint density at radius 1 is 0.967 bits per heavy atom. The van der Waals surface area contributed by atoms with E-state index in [2.05, 4.69) is 16.0 Å².